The smallest absolute Gasteiger partial charge is 0.260 e. The molecule has 1 atom stereocenters. The standard InChI is InChI=1S/C14H23F2N3.C2H6/c1-11(2)12-6-7-17-19(12)10-9-18-8-4-5-13(18)14(3,15)16;1-2/h6-7,11,13H,4-5,8-10H2,1-3H3;1-2H3. The van der Waals surface area contributed by atoms with Crippen molar-refractivity contribution in [2.45, 2.75) is 71.9 Å². The number of alkyl halides is 2. The van der Waals surface area contributed by atoms with E-state index in [4.69, 9.17) is 0 Å². The summed E-state index contributed by atoms with van der Waals surface area (Å²) in [7, 11) is 0. The van der Waals surface area contributed by atoms with E-state index < -0.39 is 12.0 Å². The predicted molar refractivity (Wildman–Crippen MR) is 82.9 cm³/mol. The molecule has 1 unspecified atom stereocenters. The SMILES string of the molecule is CC.CC(C)c1ccnn1CCN1CCCC1C(C)(F)F. The van der Waals surface area contributed by atoms with Gasteiger partial charge in [0.25, 0.3) is 5.92 Å². The third-order valence-electron chi connectivity index (χ3n) is 3.89. The second-order valence-electron chi connectivity index (χ2n) is 5.78. The molecule has 1 saturated heterocycles. The molecule has 3 nitrogen and oxygen atoms in total. The van der Waals surface area contributed by atoms with Crippen LogP contribution in [-0.4, -0.2) is 39.7 Å². The minimum absolute atomic E-state index is 0.407. The van der Waals surface area contributed by atoms with Crippen molar-refractivity contribution in [1.82, 2.24) is 14.7 Å². The van der Waals surface area contributed by atoms with E-state index in [1.54, 1.807) is 6.20 Å². The quantitative estimate of drug-likeness (QED) is 0.814. The lowest BCUT2D eigenvalue weighted by Crippen LogP contribution is -2.43. The topological polar surface area (TPSA) is 21.1 Å². The molecule has 1 aliphatic heterocycles. The van der Waals surface area contributed by atoms with Gasteiger partial charge in [-0.15, -0.1) is 0 Å². The third kappa shape index (κ3) is 4.77. The molecule has 1 aliphatic rings. The van der Waals surface area contributed by atoms with Gasteiger partial charge < -0.3 is 0 Å². The van der Waals surface area contributed by atoms with E-state index in [-0.39, 0.29) is 0 Å². The van der Waals surface area contributed by atoms with Crippen molar-refractivity contribution in [2.24, 2.45) is 0 Å². The Hall–Kier alpha value is -0.970. The highest BCUT2D eigenvalue weighted by Gasteiger charge is 2.40. The van der Waals surface area contributed by atoms with Crippen molar-refractivity contribution in [3.8, 4) is 0 Å². The number of hydrogen-bond acceptors (Lipinski definition) is 2. The highest BCUT2D eigenvalue weighted by atomic mass is 19.3. The monoisotopic (exact) mass is 301 g/mol. The molecule has 2 heterocycles. The molecular weight excluding hydrogens is 272 g/mol. The van der Waals surface area contributed by atoms with Gasteiger partial charge in [-0.3, -0.25) is 9.58 Å². The maximum absolute atomic E-state index is 13.5. The maximum Gasteiger partial charge on any atom is 0.260 e. The van der Waals surface area contributed by atoms with Crippen molar-refractivity contribution in [3.05, 3.63) is 18.0 Å². The first-order chi connectivity index (χ1) is 9.89. The summed E-state index contributed by atoms with van der Waals surface area (Å²) in [5.41, 5.74) is 1.17. The zero-order valence-corrected chi connectivity index (χ0v) is 13.9. The molecule has 1 aromatic rings. The molecule has 0 N–H and O–H groups in total. The zero-order chi connectivity index (χ0) is 16.0. The Kier molecular flexibility index (Phi) is 6.78. The molecule has 2 rings (SSSR count). The second kappa shape index (κ2) is 7.87. The summed E-state index contributed by atoms with van der Waals surface area (Å²) in [6, 6.07) is 1.39. The van der Waals surface area contributed by atoms with Gasteiger partial charge in [0, 0.05) is 25.4 Å². The van der Waals surface area contributed by atoms with Gasteiger partial charge in [0.05, 0.1) is 12.6 Å². The van der Waals surface area contributed by atoms with E-state index >= 15 is 0 Å². The van der Waals surface area contributed by atoms with Crippen LogP contribution in [-0.2, 0) is 6.54 Å². The molecule has 0 spiro atoms. The van der Waals surface area contributed by atoms with Crippen molar-refractivity contribution in [2.75, 3.05) is 13.1 Å². The summed E-state index contributed by atoms with van der Waals surface area (Å²) in [5.74, 6) is -2.20. The van der Waals surface area contributed by atoms with E-state index in [9.17, 15) is 8.78 Å². The average Bonchev–Trinajstić information content (AvgIpc) is 3.06. The zero-order valence-electron chi connectivity index (χ0n) is 13.9. The lowest BCUT2D eigenvalue weighted by molar-refractivity contribution is -0.0529. The van der Waals surface area contributed by atoms with Gasteiger partial charge in [-0.2, -0.15) is 5.10 Å². The molecule has 5 heteroatoms. The molecule has 0 aliphatic carbocycles. The van der Waals surface area contributed by atoms with Gasteiger partial charge in [0.15, 0.2) is 0 Å². The fourth-order valence-electron chi connectivity index (χ4n) is 2.91. The normalized spacial score (nSPS) is 19.7. The Morgan fingerprint density at radius 3 is 2.57 bits per heavy atom. The summed E-state index contributed by atoms with van der Waals surface area (Å²) in [6.45, 7) is 11.4. The van der Waals surface area contributed by atoms with Gasteiger partial charge >= 0.3 is 0 Å². The Balaban J connectivity index is 0.00000106. The van der Waals surface area contributed by atoms with Crippen LogP contribution in [0.25, 0.3) is 0 Å². The molecule has 0 radical (unpaired) electrons. The largest absolute Gasteiger partial charge is 0.293 e. The van der Waals surface area contributed by atoms with Gasteiger partial charge in [0.1, 0.15) is 0 Å². The molecule has 0 aromatic carbocycles. The van der Waals surface area contributed by atoms with Crippen LogP contribution >= 0.6 is 0 Å². The lowest BCUT2D eigenvalue weighted by atomic mass is 10.1. The van der Waals surface area contributed by atoms with Crippen LogP contribution < -0.4 is 0 Å². The summed E-state index contributed by atoms with van der Waals surface area (Å²) in [4.78, 5) is 1.91. The number of hydrogen-bond donors (Lipinski definition) is 0. The van der Waals surface area contributed by atoms with Crippen LogP contribution in [0.2, 0.25) is 0 Å². The Bertz CT molecular complexity index is 410. The Morgan fingerprint density at radius 2 is 2.00 bits per heavy atom. The van der Waals surface area contributed by atoms with E-state index in [2.05, 4.69) is 18.9 Å². The summed E-state index contributed by atoms with van der Waals surface area (Å²) >= 11 is 0. The molecular formula is C16H29F2N3. The van der Waals surface area contributed by atoms with Crippen LogP contribution in [0.4, 0.5) is 8.78 Å². The molecule has 1 aromatic heterocycles. The van der Waals surface area contributed by atoms with Gasteiger partial charge in [-0.05, 0) is 31.4 Å². The molecule has 21 heavy (non-hydrogen) atoms. The number of rotatable bonds is 5. The fourth-order valence-corrected chi connectivity index (χ4v) is 2.91. The van der Waals surface area contributed by atoms with Crippen LogP contribution in [0.3, 0.4) is 0 Å². The first-order valence-electron chi connectivity index (χ1n) is 8.03. The minimum Gasteiger partial charge on any atom is -0.293 e. The van der Waals surface area contributed by atoms with Gasteiger partial charge in [-0.1, -0.05) is 27.7 Å². The van der Waals surface area contributed by atoms with Crippen molar-refractivity contribution in [3.63, 3.8) is 0 Å². The highest BCUT2D eigenvalue weighted by Crippen LogP contribution is 2.30. The van der Waals surface area contributed by atoms with E-state index in [0.717, 1.165) is 19.9 Å². The number of halogens is 2. The summed E-state index contributed by atoms with van der Waals surface area (Å²) in [6.07, 6.45) is 3.25. The van der Waals surface area contributed by atoms with Gasteiger partial charge in [-0.25, -0.2) is 8.78 Å². The lowest BCUT2D eigenvalue weighted by Gasteiger charge is -2.29. The van der Waals surface area contributed by atoms with E-state index in [0.29, 0.717) is 25.4 Å². The first-order valence-corrected chi connectivity index (χ1v) is 8.03. The molecule has 0 bridgehead atoms. The maximum atomic E-state index is 13.5. The average molecular weight is 301 g/mol. The number of nitrogens with zero attached hydrogens (tertiary/aromatic N) is 3. The number of likely N-dealkylation sites (tertiary alicyclic amines) is 1. The predicted octanol–water partition coefficient (Wildman–Crippen LogP) is 4.15. The molecule has 0 amide bonds. The van der Waals surface area contributed by atoms with Crippen molar-refractivity contribution >= 4 is 0 Å². The molecule has 122 valence electrons. The van der Waals surface area contributed by atoms with Gasteiger partial charge in [0.2, 0.25) is 0 Å². The van der Waals surface area contributed by atoms with Crippen molar-refractivity contribution < 1.29 is 8.78 Å². The Labute approximate surface area is 127 Å². The number of aromatic nitrogens is 2. The van der Waals surface area contributed by atoms with Crippen LogP contribution in [0.15, 0.2) is 12.3 Å². The fraction of sp³-hybridized carbons (Fsp3) is 0.812. The molecule has 0 saturated carbocycles. The Morgan fingerprint density at radius 1 is 1.33 bits per heavy atom. The molecule has 1 fully saturated rings. The van der Waals surface area contributed by atoms with E-state index in [1.165, 1.54) is 5.69 Å². The highest BCUT2D eigenvalue weighted by molar-refractivity contribution is 5.05. The van der Waals surface area contributed by atoms with Crippen molar-refractivity contribution in [1.29, 1.82) is 0 Å². The summed E-state index contributed by atoms with van der Waals surface area (Å²) < 4.78 is 28.9. The van der Waals surface area contributed by atoms with Crippen LogP contribution in [0.5, 0.6) is 0 Å². The summed E-state index contributed by atoms with van der Waals surface area (Å²) in [5, 5.41) is 4.29. The first kappa shape index (κ1) is 18.1. The van der Waals surface area contributed by atoms with Crippen LogP contribution in [0, 0.1) is 0 Å². The van der Waals surface area contributed by atoms with E-state index in [1.807, 2.05) is 29.5 Å². The minimum atomic E-state index is -2.61. The van der Waals surface area contributed by atoms with Crippen LogP contribution in [0.1, 0.15) is 59.1 Å². The third-order valence-corrected chi connectivity index (χ3v) is 3.89. The second-order valence-corrected chi connectivity index (χ2v) is 5.78.